The van der Waals surface area contributed by atoms with Crippen molar-refractivity contribution in [3.8, 4) is 0 Å². The van der Waals surface area contributed by atoms with Gasteiger partial charge in [-0.05, 0) is 68.5 Å². The number of nitrogens with zero attached hydrogens (tertiary/aromatic N) is 2. The number of ether oxygens (including phenoxy) is 1. The Hall–Kier alpha value is -2.42. The van der Waals surface area contributed by atoms with Crippen LogP contribution in [0.25, 0.3) is 0 Å². The molecule has 9 heteroatoms. The van der Waals surface area contributed by atoms with Crippen LogP contribution in [0.15, 0.2) is 36.4 Å². The van der Waals surface area contributed by atoms with Crippen LogP contribution in [0.4, 0.5) is 5.69 Å². The van der Waals surface area contributed by atoms with Crippen LogP contribution in [0.3, 0.4) is 0 Å². The van der Waals surface area contributed by atoms with Crippen LogP contribution in [-0.4, -0.2) is 77.5 Å². The van der Waals surface area contributed by atoms with Crippen molar-refractivity contribution in [2.45, 2.75) is 82.6 Å². The second kappa shape index (κ2) is 11.7. The molecular formula is C32H43ClN4O4. The summed E-state index contributed by atoms with van der Waals surface area (Å²) in [5, 5.41) is 6.88. The number of hydrogen-bond acceptors (Lipinski definition) is 5. The topological polar surface area (TPSA) is 91.0 Å². The van der Waals surface area contributed by atoms with E-state index in [0.29, 0.717) is 35.6 Å². The average Bonchev–Trinajstić information content (AvgIpc) is 3.50. The van der Waals surface area contributed by atoms with E-state index < -0.39 is 29.6 Å². The average molecular weight is 583 g/mol. The Balaban J connectivity index is 1.27. The number of benzene rings is 1. The van der Waals surface area contributed by atoms with E-state index in [0.717, 1.165) is 38.8 Å². The number of nitrogens with one attached hydrogen (secondary N) is 2. The molecule has 8 atom stereocenters. The van der Waals surface area contributed by atoms with E-state index in [-0.39, 0.29) is 23.8 Å². The summed E-state index contributed by atoms with van der Waals surface area (Å²) in [4.78, 5) is 46.3. The number of anilines is 1. The molecule has 1 aromatic rings. The first kappa shape index (κ1) is 28.7. The fourth-order valence-electron chi connectivity index (χ4n) is 7.92. The Bertz CT molecular complexity index is 1180. The summed E-state index contributed by atoms with van der Waals surface area (Å²) in [5.74, 6) is -1.16. The molecule has 0 unspecified atom stereocenters. The molecule has 1 spiro atoms. The van der Waals surface area contributed by atoms with Gasteiger partial charge < -0.3 is 25.2 Å². The summed E-state index contributed by atoms with van der Waals surface area (Å²) in [6.45, 7) is 7.63. The lowest BCUT2D eigenvalue weighted by atomic mass is 9.73. The van der Waals surface area contributed by atoms with Gasteiger partial charge in [-0.1, -0.05) is 63.3 Å². The molecule has 3 saturated heterocycles. The van der Waals surface area contributed by atoms with Gasteiger partial charge in [0.15, 0.2) is 0 Å². The van der Waals surface area contributed by atoms with E-state index in [1.165, 1.54) is 19.3 Å². The number of likely N-dealkylation sites (tertiary alicyclic amines) is 2. The van der Waals surface area contributed by atoms with Gasteiger partial charge in [0.1, 0.15) is 11.6 Å². The van der Waals surface area contributed by atoms with E-state index in [9.17, 15) is 14.4 Å². The molecule has 222 valence electrons. The SMILES string of the molecule is C[C@@H]1[C@H](C)CCC[C@@H]1NC(=O)[C@@H]1N(CCN2CCCCCC2)C(=O)[C@@H]2[C@@H](C(=O)Nc3ccc(Cl)cc3)[C@@H]3C=C[C@]21O3. The van der Waals surface area contributed by atoms with Crippen molar-refractivity contribution in [2.24, 2.45) is 23.7 Å². The predicted molar refractivity (Wildman–Crippen MR) is 158 cm³/mol. The minimum absolute atomic E-state index is 0.0656. The fourth-order valence-corrected chi connectivity index (χ4v) is 8.05. The standard InChI is InChI=1S/C32H43ClN4O4/c1-20-8-7-9-24(21(20)2)35-30(39)28-32-15-14-25(41-32)26(29(38)34-23-12-10-22(33)11-13-23)27(32)31(40)37(28)19-18-36-16-5-3-4-6-17-36/h10-15,20-21,24-28H,3-9,16-19H2,1-2H3,(H,34,38)(H,35,39)/t20-,21-,24+,25+,26+,27+,28+,32+/m1/s1. The molecule has 4 aliphatic heterocycles. The molecule has 2 N–H and O–H groups in total. The minimum atomic E-state index is -1.14. The molecule has 3 amide bonds. The molecule has 2 bridgehead atoms. The number of halogens is 1. The lowest BCUT2D eigenvalue weighted by Gasteiger charge is -2.38. The maximum atomic E-state index is 14.3. The van der Waals surface area contributed by atoms with E-state index in [1.54, 1.807) is 29.2 Å². The molecular weight excluding hydrogens is 540 g/mol. The van der Waals surface area contributed by atoms with Gasteiger partial charge in [-0.25, -0.2) is 0 Å². The maximum Gasteiger partial charge on any atom is 0.246 e. The Morgan fingerprint density at radius 2 is 1.73 bits per heavy atom. The summed E-state index contributed by atoms with van der Waals surface area (Å²) >= 11 is 6.03. The van der Waals surface area contributed by atoms with Gasteiger partial charge in [-0.15, -0.1) is 0 Å². The second-order valence-corrected chi connectivity index (χ2v) is 13.3. The highest BCUT2D eigenvalue weighted by molar-refractivity contribution is 6.30. The van der Waals surface area contributed by atoms with Crippen LogP contribution >= 0.6 is 11.6 Å². The third-order valence-electron chi connectivity index (χ3n) is 10.4. The number of hydrogen-bond donors (Lipinski definition) is 2. The fraction of sp³-hybridized carbons (Fsp3) is 0.656. The van der Waals surface area contributed by atoms with Gasteiger partial charge in [-0.3, -0.25) is 14.4 Å². The van der Waals surface area contributed by atoms with Gasteiger partial charge in [0.25, 0.3) is 0 Å². The first-order chi connectivity index (χ1) is 19.8. The summed E-state index contributed by atoms with van der Waals surface area (Å²) < 4.78 is 6.53. The Labute approximate surface area is 248 Å². The zero-order valence-corrected chi connectivity index (χ0v) is 24.9. The summed E-state index contributed by atoms with van der Waals surface area (Å²) in [5.41, 5.74) is -0.533. The second-order valence-electron chi connectivity index (χ2n) is 12.9. The first-order valence-corrected chi connectivity index (χ1v) is 15.9. The van der Waals surface area contributed by atoms with Crippen LogP contribution in [0, 0.1) is 23.7 Å². The summed E-state index contributed by atoms with van der Waals surface area (Å²) in [6, 6.07) is 6.18. The zero-order chi connectivity index (χ0) is 28.7. The number of fused-ring (bicyclic) bond motifs is 1. The monoisotopic (exact) mass is 582 g/mol. The molecule has 41 heavy (non-hydrogen) atoms. The van der Waals surface area contributed by atoms with E-state index in [2.05, 4.69) is 29.4 Å². The van der Waals surface area contributed by atoms with Crippen molar-refractivity contribution in [3.05, 3.63) is 41.4 Å². The maximum absolute atomic E-state index is 14.3. The summed E-state index contributed by atoms with van der Waals surface area (Å²) in [6.07, 6.45) is 11.2. The Morgan fingerprint density at radius 3 is 2.46 bits per heavy atom. The van der Waals surface area contributed by atoms with Gasteiger partial charge in [0.05, 0.1) is 17.9 Å². The van der Waals surface area contributed by atoms with Crippen molar-refractivity contribution < 1.29 is 19.1 Å². The highest BCUT2D eigenvalue weighted by Crippen LogP contribution is 2.55. The highest BCUT2D eigenvalue weighted by Gasteiger charge is 2.72. The number of carbonyl (C=O) groups excluding carboxylic acids is 3. The van der Waals surface area contributed by atoms with Crippen LogP contribution in [0.1, 0.15) is 58.8 Å². The molecule has 1 saturated carbocycles. The minimum Gasteiger partial charge on any atom is -0.359 e. The van der Waals surface area contributed by atoms with Gasteiger partial charge in [-0.2, -0.15) is 0 Å². The predicted octanol–water partition coefficient (Wildman–Crippen LogP) is 4.25. The third-order valence-corrected chi connectivity index (χ3v) is 10.7. The van der Waals surface area contributed by atoms with Gasteiger partial charge in [0.2, 0.25) is 17.7 Å². The van der Waals surface area contributed by atoms with Gasteiger partial charge >= 0.3 is 0 Å². The molecule has 5 aliphatic rings. The third kappa shape index (κ3) is 5.32. The van der Waals surface area contributed by atoms with Crippen LogP contribution < -0.4 is 10.6 Å². The van der Waals surface area contributed by atoms with E-state index >= 15 is 0 Å². The lowest BCUT2D eigenvalue weighted by Crippen LogP contribution is -2.58. The smallest absolute Gasteiger partial charge is 0.246 e. The van der Waals surface area contributed by atoms with Crippen LogP contribution in [0.2, 0.25) is 5.02 Å². The molecule has 1 aliphatic carbocycles. The first-order valence-electron chi connectivity index (χ1n) is 15.6. The normalized spacial score (nSPS) is 36.7. The van der Waals surface area contributed by atoms with E-state index in [1.807, 2.05) is 12.2 Å². The van der Waals surface area contributed by atoms with Crippen molar-refractivity contribution >= 4 is 35.0 Å². The molecule has 0 radical (unpaired) electrons. The molecule has 1 aromatic carbocycles. The van der Waals surface area contributed by atoms with Crippen molar-refractivity contribution in [1.82, 2.24) is 15.1 Å². The molecule has 6 rings (SSSR count). The van der Waals surface area contributed by atoms with Crippen molar-refractivity contribution in [1.29, 1.82) is 0 Å². The van der Waals surface area contributed by atoms with Crippen molar-refractivity contribution in [2.75, 3.05) is 31.5 Å². The number of carbonyl (C=O) groups is 3. The van der Waals surface area contributed by atoms with Crippen molar-refractivity contribution in [3.63, 3.8) is 0 Å². The van der Waals surface area contributed by atoms with E-state index in [4.69, 9.17) is 16.3 Å². The zero-order valence-electron chi connectivity index (χ0n) is 24.2. The highest BCUT2D eigenvalue weighted by atomic mass is 35.5. The van der Waals surface area contributed by atoms with Gasteiger partial charge in [0, 0.05) is 29.8 Å². The largest absolute Gasteiger partial charge is 0.359 e. The Morgan fingerprint density at radius 1 is 1.00 bits per heavy atom. The molecule has 4 fully saturated rings. The molecule has 0 aromatic heterocycles. The number of rotatable bonds is 7. The molecule has 4 heterocycles. The molecule has 8 nitrogen and oxygen atoms in total. The van der Waals surface area contributed by atoms with Crippen LogP contribution in [0.5, 0.6) is 0 Å². The lowest BCUT2D eigenvalue weighted by molar-refractivity contribution is -0.141. The number of amides is 3. The summed E-state index contributed by atoms with van der Waals surface area (Å²) in [7, 11) is 0. The Kier molecular flexibility index (Phi) is 8.18. The van der Waals surface area contributed by atoms with Crippen LogP contribution in [-0.2, 0) is 19.1 Å². The quantitative estimate of drug-likeness (QED) is 0.469.